The fourth-order valence-electron chi connectivity index (χ4n) is 3.50. The van der Waals surface area contributed by atoms with E-state index < -0.39 is 0 Å². The molecule has 2 fully saturated rings. The topological polar surface area (TPSA) is 75.2 Å². The Kier molecular flexibility index (Phi) is 9.91. The normalized spacial score (nSPS) is 22.1. The summed E-state index contributed by atoms with van der Waals surface area (Å²) >= 11 is 0. The molecule has 2 rings (SSSR count). The maximum Gasteiger partial charge on any atom is 0.222 e. The zero-order valence-corrected chi connectivity index (χ0v) is 17.3. The smallest absolute Gasteiger partial charge is 0.222 e. The lowest BCUT2D eigenvalue weighted by Gasteiger charge is -2.35. The molecule has 7 nitrogen and oxygen atoms in total. The van der Waals surface area contributed by atoms with Gasteiger partial charge in [-0.2, -0.15) is 0 Å². The summed E-state index contributed by atoms with van der Waals surface area (Å²) in [6.07, 6.45) is 6.59. The summed E-state index contributed by atoms with van der Waals surface area (Å²) in [5.74, 6) is 0.963. The molecule has 1 amide bonds. The first kappa shape index (κ1) is 22.0. The summed E-state index contributed by atoms with van der Waals surface area (Å²) in [4.78, 5) is 18.7. The van der Waals surface area contributed by atoms with Gasteiger partial charge in [0.2, 0.25) is 5.91 Å². The highest BCUT2D eigenvalue weighted by Gasteiger charge is 2.23. The lowest BCUT2D eigenvalue weighted by molar-refractivity contribution is -0.121. The van der Waals surface area contributed by atoms with Gasteiger partial charge in [-0.25, -0.2) is 0 Å². The van der Waals surface area contributed by atoms with Crippen molar-refractivity contribution in [1.29, 1.82) is 0 Å². The van der Waals surface area contributed by atoms with Crippen LogP contribution in [0.15, 0.2) is 4.99 Å². The zero-order valence-electron chi connectivity index (χ0n) is 17.3. The van der Waals surface area contributed by atoms with E-state index in [9.17, 15) is 4.79 Å². The number of guanidine groups is 1. The maximum atomic E-state index is 11.8. The lowest BCUT2D eigenvalue weighted by Crippen LogP contribution is -2.47. The fraction of sp³-hybridized carbons (Fsp3) is 0.900. The molecule has 1 unspecified atom stereocenters. The summed E-state index contributed by atoms with van der Waals surface area (Å²) < 4.78 is 11.8. The monoisotopic (exact) mass is 382 g/mol. The van der Waals surface area contributed by atoms with Crippen LogP contribution in [0.2, 0.25) is 0 Å². The molecule has 0 aromatic rings. The molecule has 2 aliphatic heterocycles. The van der Waals surface area contributed by atoms with Crippen LogP contribution in [0.25, 0.3) is 0 Å². The number of amides is 1. The molecule has 0 aromatic carbocycles. The number of hydrogen-bond acceptors (Lipinski definition) is 4. The second kappa shape index (κ2) is 12.2. The van der Waals surface area contributed by atoms with Crippen molar-refractivity contribution in [2.24, 2.45) is 4.99 Å². The minimum absolute atomic E-state index is 0.0571. The van der Waals surface area contributed by atoms with Crippen LogP contribution in [-0.2, 0) is 14.3 Å². The molecule has 2 N–H and O–H groups in total. The summed E-state index contributed by atoms with van der Waals surface area (Å²) in [6, 6.07) is 0.174. The van der Waals surface area contributed by atoms with Crippen molar-refractivity contribution in [3.63, 3.8) is 0 Å². The fourth-order valence-corrected chi connectivity index (χ4v) is 3.50. The maximum absolute atomic E-state index is 11.8. The number of likely N-dealkylation sites (tertiary alicyclic amines) is 1. The Bertz CT molecular complexity index is 456. The van der Waals surface area contributed by atoms with E-state index in [4.69, 9.17) is 9.47 Å². The standard InChI is InChI=1S/C20H38N4O3/c1-4-21-20(22-11-8-19(25)23-16(2)3)24-12-9-17(10-13-24)27-15-18-7-5-6-14-26-18/h16-18H,4-15H2,1-3H3,(H,21,22)(H,23,25). The third-order valence-corrected chi connectivity index (χ3v) is 4.92. The molecule has 2 heterocycles. The second-order valence-electron chi connectivity index (χ2n) is 7.72. The Morgan fingerprint density at radius 3 is 2.67 bits per heavy atom. The highest BCUT2D eigenvalue weighted by molar-refractivity contribution is 5.81. The number of nitrogens with zero attached hydrogens (tertiary/aromatic N) is 2. The van der Waals surface area contributed by atoms with Gasteiger partial charge in [0.25, 0.3) is 0 Å². The van der Waals surface area contributed by atoms with Crippen LogP contribution in [0.1, 0.15) is 59.3 Å². The third kappa shape index (κ3) is 8.47. The van der Waals surface area contributed by atoms with E-state index in [0.717, 1.165) is 58.1 Å². The quantitative estimate of drug-likeness (QED) is 0.495. The predicted octanol–water partition coefficient (Wildman–Crippen LogP) is 1.92. The number of carbonyl (C=O) groups is 1. The Morgan fingerprint density at radius 1 is 1.26 bits per heavy atom. The van der Waals surface area contributed by atoms with Gasteiger partial charge < -0.3 is 25.0 Å². The van der Waals surface area contributed by atoms with Crippen LogP contribution in [0.5, 0.6) is 0 Å². The molecule has 0 bridgehead atoms. The van der Waals surface area contributed by atoms with Crippen molar-refractivity contribution in [2.45, 2.75) is 77.5 Å². The van der Waals surface area contributed by atoms with Crippen LogP contribution in [-0.4, -0.2) is 74.4 Å². The molecule has 156 valence electrons. The van der Waals surface area contributed by atoms with Crippen molar-refractivity contribution in [3.8, 4) is 0 Å². The van der Waals surface area contributed by atoms with Crippen molar-refractivity contribution in [1.82, 2.24) is 15.5 Å². The first-order chi connectivity index (χ1) is 13.1. The Morgan fingerprint density at radius 2 is 2.04 bits per heavy atom. The van der Waals surface area contributed by atoms with Crippen LogP contribution < -0.4 is 10.6 Å². The van der Waals surface area contributed by atoms with E-state index in [1.54, 1.807) is 0 Å². The van der Waals surface area contributed by atoms with E-state index in [0.29, 0.717) is 19.1 Å². The molecule has 0 radical (unpaired) electrons. The number of nitrogens with one attached hydrogen (secondary N) is 2. The van der Waals surface area contributed by atoms with Crippen molar-refractivity contribution in [3.05, 3.63) is 0 Å². The molecule has 2 aliphatic rings. The number of hydrogen-bond donors (Lipinski definition) is 2. The van der Waals surface area contributed by atoms with Gasteiger partial charge >= 0.3 is 0 Å². The minimum atomic E-state index is 0.0571. The van der Waals surface area contributed by atoms with Gasteiger partial charge in [0.1, 0.15) is 0 Å². The van der Waals surface area contributed by atoms with Crippen LogP contribution in [0.4, 0.5) is 0 Å². The largest absolute Gasteiger partial charge is 0.376 e. The van der Waals surface area contributed by atoms with Gasteiger partial charge in [-0.15, -0.1) is 0 Å². The third-order valence-electron chi connectivity index (χ3n) is 4.92. The molecule has 0 saturated carbocycles. The van der Waals surface area contributed by atoms with Crippen molar-refractivity contribution < 1.29 is 14.3 Å². The average molecular weight is 383 g/mol. The molecule has 0 aromatic heterocycles. The Hall–Kier alpha value is -1.34. The zero-order chi connectivity index (χ0) is 19.5. The SMILES string of the molecule is CCNC(=NCCC(=O)NC(C)C)N1CCC(OCC2CCCCO2)CC1. The number of aliphatic imine (C=N–C) groups is 1. The highest BCUT2D eigenvalue weighted by Crippen LogP contribution is 2.18. The number of rotatable bonds is 8. The summed E-state index contributed by atoms with van der Waals surface area (Å²) in [5.41, 5.74) is 0. The lowest BCUT2D eigenvalue weighted by atomic mass is 10.1. The van der Waals surface area contributed by atoms with E-state index in [2.05, 4.69) is 27.4 Å². The Labute approximate surface area is 164 Å². The van der Waals surface area contributed by atoms with Gasteiger partial charge in [0, 0.05) is 38.7 Å². The molecule has 0 spiro atoms. The van der Waals surface area contributed by atoms with E-state index in [-0.39, 0.29) is 18.1 Å². The molecule has 2 saturated heterocycles. The van der Waals surface area contributed by atoms with Crippen molar-refractivity contribution >= 4 is 11.9 Å². The van der Waals surface area contributed by atoms with E-state index >= 15 is 0 Å². The summed E-state index contributed by atoms with van der Waals surface area (Å²) in [6.45, 7) is 10.8. The van der Waals surface area contributed by atoms with Gasteiger partial charge in [0.05, 0.1) is 25.4 Å². The first-order valence-corrected chi connectivity index (χ1v) is 10.6. The molecule has 0 aliphatic carbocycles. The van der Waals surface area contributed by atoms with Crippen LogP contribution >= 0.6 is 0 Å². The van der Waals surface area contributed by atoms with Crippen molar-refractivity contribution in [2.75, 3.05) is 39.4 Å². The molecule has 1 atom stereocenters. The van der Waals surface area contributed by atoms with Gasteiger partial charge in [0.15, 0.2) is 5.96 Å². The molecular weight excluding hydrogens is 344 g/mol. The first-order valence-electron chi connectivity index (χ1n) is 10.6. The van der Waals surface area contributed by atoms with Crippen LogP contribution in [0, 0.1) is 0 Å². The van der Waals surface area contributed by atoms with E-state index in [1.807, 2.05) is 13.8 Å². The van der Waals surface area contributed by atoms with E-state index in [1.165, 1.54) is 12.8 Å². The molecule has 27 heavy (non-hydrogen) atoms. The second-order valence-corrected chi connectivity index (χ2v) is 7.72. The number of piperidine rings is 1. The van der Waals surface area contributed by atoms with Gasteiger partial charge in [-0.3, -0.25) is 9.79 Å². The Balaban J connectivity index is 1.71. The highest BCUT2D eigenvalue weighted by atomic mass is 16.5. The molecular formula is C20H38N4O3. The van der Waals surface area contributed by atoms with Crippen LogP contribution in [0.3, 0.4) is 0 Å². The average Bonchev–Trinajstić information content (AvgIpc) is 2.66. The van der Waals surface area contributed by atoms with Gasteiger partial charge in [-0.1, -0.05) is 0 Å². The summed E-state index contributed by atoms with van der Waals surface area (Å²) in [5, 5.41) is 6.25. The number of carbonyl (C=O) groups excluding carboxylic acids is 1. The van der Waals surface area contributed by atoms with Gasteiger partial charge in [-0.05, 0) is 52.9 Å². The number of ether oxygens (including phenoxy) is 2. The molecule has 7 heteroatoms. The summed E-state index contributed by atoms with van der Waals surface area (Å²) in [7, 11) is 0. The minimum Gasteiger partial charge on any atom is -0.376 e. The predicted molar refractivity (Wildman–Crippen MR) is 108 cm³/mol.